The molecule has 0 radical (unpaired) electrons. The van der Waals surface area contributed by atoms with Gasteiger partial charge in [0, 0.05) is 0 Å². The van der Waals surface area contributed by atoms with E-state index in [9.17, 15) is 19.9 Å². The van der Waals surface area contributed by atoms with Gasteiger partial charge in [0.05, 0.1) is 44.9 Å². The number of carbonyl (C=O) groups is 2. The van der Waals surface area contributed by atoms with E-state index in [0.29, 0.717) is 22.7 Å². The van der Waals surface area contributed by atoms with Crippen molar-refractivity contribution in [3.05, 3.63) is 149 Å². The molecule has 6 aromatic rings. The van der Waals surface area contributed by atoms with Crippen LogP contribution < -0.4 is 15.2 Å². The number of aliphatic hydroxyl groups is 1. The molecule has 15 heteroatoms. The maximum Gasteiger partial charge on any atom is 0.354 e. The Bertz CT molecular complexity index is 2290. The third kappa shape index (κ3) is 6.16. The van der Waals surface area contributed by atoms with Gasteiger partial charge in [0.1, 0.15) is 53.8 Å². The van der Waals surface area contributed by atoms with Gasteiger partial charge in [-0.3, -0.25) is 4.57 Å². The fraction of sp³-hybridized carbons (Fsp3) is 0.244. The van der Waals surface area contributed by atoms with Crippen LogP contribution in [0.15, 0.2) is 116 Å². The molecular weight excluding hydrogens is 720 g/mol. The molecule has 2 aliphatic rings. The number of nitrogens with zero attached hydrogens (tertiary/aromatic N) is 5. The second-order valence-corrected chi connectivity index (χ2v) is 13.4. The highest BCUT2D eigenvalue weighted by molar-refractivity contribution is 6.14. The summed E-state index contributed by atoms with van der Waals surface area (Å²) in [5, 5.41) is 25.7. The summed E-state index contributed by atoms with van der Waals surface area (Å²) in [4.78, 5) is 39.1. The number of nitrogens with two attached hydrogens (primary N) is 1. The quantitative estimate of drug-likeness (QED) is 0.0730. The number of fused-ring (bicyclic) bond motifs is 2. The number of carbonyl (C=O) groups excluding carboxylic acids is 2. The van der Waals surface area contributed by atoms with Gasteiger partial charge < -0.3 is 39.7 Å². The Hall–Kier alpha value is -6.07. The van der Waals surface area contributed by atoms with Gasteiger partial charge in [0.15, 0.2) is 17.7 Å². The molecule has 2 amide bonds. The number of benzene rings is 4. The topological polar surface area (TPSA) is 193 Å². The summed E-state index contributed by atoms with van der Waals surface area (Å²) in [7, 11) is 3.18. The van der Waals surface area contributed by atoms with Gasteiger partial charge in [0.25, 0.3) is 0 Å². The number of imide groups is 1. The van der Waals surface area contributed by atoms with Crippen LogP contribution in [0.1, 0.15) is 43.6 Å². The lowest BCUT2D eigenvalue weighted by atomic mass is 9.80. The smallest absolute Gasteiger partial charge is 0.354 e. The molecule has 56 heavy (non-hydrogen) atoms. The minimum atomic E-state index is -1.75. The second-order valence-electron chi connectivity index (χ2n) is 13.4. The number of quaternary nitrogens is 1. The number of hydroxylamine groups is 3. The average Bonchev–Trinajstić information content (AvgIpc) is 3.87. The first-order valence-electron chi connectivity index (χ1n) is 17.8. The molecule has 1 fully saturated rings. The van der Waals surface area contributed by atoms with Crippen LogP contribution in [0.25, 0.3) is 11.2 Å². The van der Waals surface area contributed by atoms with E-state index < -0.39 is 53.1 Å². The number of methoxy groups -OCH3 is 2. The summed E-state index contributed by atoms with van der Waals surface area (Å²) >= 11 is 0. The van der Waals surface area contributed by atoms with Gasteiger partial charge in [-0.1, -0.05) is 66.7 Å². The number of amides is 2. The van der Waals surface area contributed by atoms with Crippen LogP contribution in [0.3, 0.4) is 0 Å². The molecule has 0 saturated carbocycles. The van der Waals surface area contributed by atoms with Crippen molar-refractivity contribution in [2.24, 2.45) is 0 Å². The minimum Gasteiger partial charge on any atom is -0.617 e. The lowest BCUT2D eigenvalue weighted by Crippen LogP contribution is -2.50. The van der Waals surface area contributed by atoms with Gasteiger partial charge in [0.2, 0.25) is 0 Å². The number of hydrogen-bond donors (Lipinski definition) is 2. The van der Waals surface area contributed by atoms with Gasteiger partial charge in [-0.25, -0.2) is 29.2 Å². The molecule has 15 nitrogen and oxygen atoms in total. The summed E-state index contributed by atoms with van der Waals surface area (Å²) in [6.45, 7) is -1.06. The predicted molar refractivity (Wildman–Crippen MR) is 201 cm³/mol. The number of ether oxygens (including phenoxy) is 5. The van der Waals surface area contributed by atoms with Crippen molar-refractivity contribution >= 4 is 28.8 Å². The summed E-state index contributed by atoms with van der Waals surface area (Å²) < 4.78 is 30.7. The first-order chi connectivity index (χ1) is 27.2. The number of imidazole rings is 1. The molecule has 4 heterocycles. The van der Waals surface area contributed by atoms with Crippen molar-refractivity contribution in [3.63, 3.8) is 0 Å². The molecule has 2 aromatic heterocycles. The van der Waals surface area contributed by atoms with Gasteiger partial charge in [-0.2, -0.15) is 0 Å². The van der Waals surface area contributed by atoms with Crippen molar-refractivity contribution in [1.29, 1.82) is 0 Å². The zero-order valence-electron chi connectivity index (χ0n) is 30.4. The molecular formula is C41H38N6O9. The fourth-order valence-electron chi connectivity index (χ4n) is 7.48. The van der Waals surface area contributed by atoms with E-state index in [2.05, 4.69) is 15.0 Å². The predicted octanol–water partition coefficient (Wildman–Crippen LogP) is 4.39. The maximum atomic E-state index is 13.8. The zero-order chi connectivity index (χ0) is 39.0. The van der Waals surface area contributed by atoms with Crippen molar-refractivity contribution in [2.75, 3.05) is 39.7 Å². The van der Waals surface area contributed by atoms with Gasteiger partial charge in [-0.15, -0.1) is 0 Å². The number of aliphatic hydroxyl groups excluding tert-OH is 1. The van der Waals surface area contributed by atoms with Crippen LogP contribution in [0.4, 0.5) is 5.82 Å². The first kappa shape index (κ1) is 36.9. The van der Waals surface area contributed by atoms with Crippen molar-refractivity contribution in [2.45, 2.75) is 30.1 Å². The Morgan fingerprint density at radius 3 is 1.98 bits per heavy atom. The van der Waals surface area contributed by atoms with Crippen LogP contribution in [-0.4, -0.2) is 93.4 Å². The largest absolute Gasteiger partial charge is 0.617 e. The van der Waals surface area contributed by atoms with E-state index in [1.807, 2.05) is 78.9 Å². The lowest BCUT2D eigenvalue weighted by Gasteiger charge is -2.37. The molecule has 0 bridgehead atoms. The molecule has 286 valence electrons. The fourth-order valence-corrected chi connectivity index (χ4v) is 7.48. The van der Waals surface area contributed by atoms with E-state index in [-0.39, 0.29) is 30.2 Å². The highest BCUT2D eigenvalue weighted by atomic mass is 16.6. The SMILES string of the molecule is COc1ccc(C(OC[C@H]2O[C@@H](n3cnc4c(N)ncnc43)[C@H](O)[C@@H]2OCC[N+]2([O-])C(=O)c3ccccc3C2=O)(c2ccccc2)c2ccc(OC)cc2)cc1. The number of anilines is 1. The van der Waals surface area contributed by atoms with Crippen LogP contribution >= 0.6 is 0 Å². The van der Waals surface area contributed by atoms with Gasteiger partial charge in [-0.05, 0) is 53.1 Å². The highest BCUT2D eigenvalue weighted by Crippen LogP contribution is 2.43. The molecule has 4 atom stereocenters. The number of aromatic nitrogens is 4. The van der Waals surface area contributed by atoms with Crippen LogP contribution in [0, 0.1) is 5.21 Å². The highest BCUT2D eigenvalue weighted by Gasteiger charge is 2.50. The summed E-state index contributed by atoms with van der Waals surface area (Å²) in [5.74, 6) is -0.297. The average molecular weight is 759 g/mol. The monoisotopic (exact) mass is 758 g/mol. The Kier molecular flexibility index (Phi) is 9.80. The van der Waals surface area contributed by atoms with Crippen molar-refractivity contribution in [3.8, 4) is 11.5 Å². The summed E-state index contributed by atoms with van der Waals surface area (Å²) in [6.07, 6.45) is -1.86. The van der Waals surface area contributed by atoms with Crippen molar-refractivity contribution < 1.29 is 43.0 Å². The third-order valence-corrected chi connectivity index (χ3v) is 10.4. The van der Waals surface area contributed by atoms with E-state index in [1.165, 1.54) is 29.4 Å². The van der Waals surface area contributed by atoms with E-state index in [0.717, 1.165) is 16.7 Å². The number of nitrogen functional groups attached to an aromatic ring is 1. The molecule has 3 N–H and O–H groups in total. The van der Waals surface area contributed by atoms with Crippen LogP contribution in [0.2, 0.25) is 0 Å². The van der Waals surface area contributed by atoms with Crippen LogP contribution in [-0.2, 0) is 19.8 Å². The number of hydrogen-bond acceptors (Lipinski definition) is 13. The molecule has 4 aromatic carbocycles. The normalized spacial score (nSPS) is 20.4. The zero-order valence-corrected chi connectivity index (χ0v) is 30.4. The molecule has 1 saturated heterocycles. The van der Waals surface area contributed by atoms with E-state index in [1.54, 1.807) is 26.4 Å². The van der Waals surface area contributed by atoms with Crippen molar-refractivity contribution in [1.82, 2.24) is 19.5 Å². The Morgan fingerprint density at radius 2 is 1.39 bits per heavy atom. The molecule has 0 spiro atoms. The van der Waals surface area contributed by atoms with Gasteiger partial charge >= 0.3 is 11.8 Å². The molecule has 0 unspecified atom stereocenters. The Morgan fingerprint density at radius 1 is 0.821 bits per heavy atom. The standard InChI is InChI=1S/C41H38N6O9/c1-52-28-16-12-26(13-17-28)41(25-8-4-3-5-9-25,27-14-18-29(53-2)19-15-27)55-22-32-35(34(48)38(56-32)46-24-45-33-36(42)43-23-44-37(33)46)54-21-20-47(51)39(49)30-10-6-7-11-31(30)40(47)50/h3-19,23-24,32,34-35,38,48H,20-22H2,1-2H3,(H2,42,43,44)/t32-,34-,35-,38-/m1/s1. The Labute approximate surface area is 321 Å². The number of rotatable bonds is 13. The third-order valence-electron chi connectivity index (χ3n) is 10.4. The minimum absolute atomic E-state index is 0.0608. The Balaban J connectivity index is 1.16. The van der Waals surface area contributed by atoms with E-state index >= 15 is 0 Å². The molecule has 8 rings (SSSR count). The molecule has 0 aliphatic carbocycles. The molecule has 2 aliphatic heterocycles. The summed E-state index contributed by atoms with van der Waals surface area (Å²) in [5.41, 5.74) is 7.89. The van der Waals surface area contributed by atoms with E-state index in [4.69, 9.17) is 29.4 Å². The summed E-state index contributed by atoms with van der Waals surface area (Å²) in [6, 6.07) is 30.8. The first-order valence-corrected chi connectivity index (χ1v) is 17.8. The van der Waals surface area contributed by atoms with Crippen LogP contribution in [0.5, 0.6) is 11.5 Å². The second kappa shape index (κ2) is 14.9. The maximum absolute atomic E-state index is 13.8. The lowest BCUT2D eigenvalue weighted by molar-refractivity contribution is -0.709.